The number of hydrogen-bond donors (Lipinski definition) is 2. The molecule has 0 amide bonds. The normalized spacial score (nSPS) is 12.9. The van der Waals surface area contributed by atoms with E-state index in [-0.39, 0.29) is 6.04 Å². The Morgan fingerprint density at radius 2 is 2.47 bits per heavy atom. The molecule has 4 nitrogen and oxygen atoms in total. The van der Waals surface area contributed by atoms with Gasteiger partial charge in [0.25, 0.3) is 0 Å². The largest absolute Gasteiger partial charge is 0.303 e. The number of nitrogens with one attached hydrogen (secondary N) is 2. The molecule has 2 heterocycles. The predicted molar refractivity (Wildman–Crippen MR) is 60.7 cm³/mol. The fourth-order valence-corrected chi connectivity index (χ4v) is 2.04. The van der Waals surface area contributed by atoms with Gasteiger partial charge in [0.15, 0.2) is 0 Å². The predicted octanol–water partition coefficient (Wildman–Crippen LogP) is 2.03. The maximum atomic E-state index is 4.44. The van der Waals surface area contributed by atoms with Gasteiger partial charge in [-0.3, -0.25) is 5.10 Å². The third-order valence-electron chi connectivity index (χ3n) is 2.24. The van der Waals surface area contributed by atoms with Gasteiger partial charge in [-0.15, -0.1) is 11.3 Å². The van der Waals surface area contributed by atoms with E-state index in [0.717, 1.165) is 22.9 Å². The van der Waals surface area contributed by atoms with Gasteiger partial charge in [0.1, 0.15) is 0 Å². The lowest BCUT2D eigenvalue weighted by molar-refractivity contribution is 0.556. The quantitative estimate of drug-likeness (QED) is 0.832. The van der Waals surface area contributed by atoms with E-state index in [1.54, 1.807) is 17.5 Å². The highest BCUT2D eigenvalue weighted by molar-refractivity contribution is 7.09. The molecular weight excluding hydrogens is 208 g/mol. The minimum atomic E-state index is 0.276. The van der Waals surface area contributed by atoms with Crippen LogP contribution in [-0.4, -0.2) is 15.2 Å². The summed E-state index contributed by atoms with van der Waals surface area (Å²) in [5, 5.41) is 13.4. The third-order valence-corrected chi connectivity index (χ3v) is 3.03. The second-order valence-corrected chi connectivity index (χ2v) is 4.54. The summed E-state index contributed by atoms with van der Waals surface area (Å²) in [5.74, 6) is 0. The number of thiazole rings is 1. The van der Waals surface area contributed by atoms with Crippen molar-refractivity contribution in [1.29, 1.82) is 0 Å². The second-order valence-electron chi connectivity index (χ2n) is 3.48. The number of hydrogen-bond acceptors (Lipinski definition) is 4. The van der Waals surface area contributed by atoms with Gasteiger partial charge in [0.2, 0.25) is 0 Å². The Morgan fingerprint density at radius 3 is 3.07 bits per heavy atom. The summed E-state index contributed by atoms with van der Waals surface area (Å²) < 4.78 is 0. The smallest absolute Gasteiger partial charge is 0.0898 e. The first kappa shape index (κ1) is 10.3. The molecule has 2 aromatic heterocycles. The molecule has 0 aliphatic heterocycles. The summed E-state index contributed by atoms with van der Waals surface area (Å²) in [4.78, 5) is 4.44. The van der Waals surface area contributed by atoms with Gasteiger partial charge in [-0.1, -0.05) is 0 Å². The van der Waals surface area contributed by atoms with Crippen LogP contribution < -0.4 is 5.32 Å². The number of nitrogens with zero attached hydrogens (tertiary/aromatic N) is 2. The Labute approximate surface area is 92.8 Å². The molecular formula is C10H14N4S. The van der Waals surface area contributed by atoms with Crippen molar-refractivity contribution in [1.82, 2.24) is 20.5 Å². The molecule has 15 heavy (non-hydrogen) atoms. The molecule has 5 heteroatoms. The molecule has 0 fully saturated rings. The summed E-state index contributed by atoms with van der Waals surface area (Å²) >= 11 is 1.68. The molecule has 0 aliphatic carbocycles. The summed E-state index contributed by atoms with van der Waals surface area (Å²) in [7, 11) is 0. The fourth-order valence-electron chi connectivity index (χ4n) is 1.33. The molecule has 2 rings (SSSR count). The van der Waals surface area contributed by atoms with Crippen LogP contribution in [0.1, 0.15) is 29.4 Å². The van der Waals surface area contributed by atoms with Crippen LogP contribution in [0.4, 0.5) is 0 Å². The zero-order valence-electron chi connectivity index (χ0n) is 8.82. The van der Waals surface area contributed by atoms with Crippen molar-refractivity contribution < 1.29 is 0 Å². The van der Waals surface area contributed by atoms with E-state index < -0.39 is 0 Å². The lowest BCUT2D eigenvalue weighted by Crippen LogP contribution is -2.18. The monoisotopic (exact) mass is 222 g/mol. The minimum Gasteiger partial charge on any atom is -0.303 e. The van der Waals surface area contributed by atoms with Crippen LogP contribution in [0.25, 0.3) is 0 Å². The molecule has 0 saturated carbocycles. The maximum absolute atomic E-state index is 4.44. The van der Waals surface area contributed by atoms with Crippen molar-refractivity contribution in [2.75, 3.05) is 0 Å². The molecule has 0 bridgehead atoms. The van der Waals surface area contributed by atoms with Gasteiger partial charge in [0.05, 0.1) is 10.7 Å². The summed E-state index contributed by atoms with van der Waals surface area (Å²) in [6, 6.07) is 2.24. The molecule has 0 radical (unpaired) electrons. The van der Waals surface area contributed by atoms with Gasteiger partial charge in [-0.05, 0) is 19.9 Å². The molecule has 0 saturated heterocycles. The van der Waals surface area contributed by atoms with E-state index in [0.29, 0.717) is 0 Å². The van der Waals surface area contributed by atoms with Crippen LogP contribution in [0.5, 0.6) is 0 Å². The van der Waals surface area contributed by atoms with Crippen LogP contribution in [0.3, 0.4) is 0 Å². The van der Waals surface area contributed by atoms with E-state index >= 15 is 0 Å². The first-order chi connectivity index (χ1) is 7.25. The molecule has 2 N–H and O–H groups in total. The highest BCUT2D eigenvalue weighted by Crippen LogP contribution is 2.15. The van der Waals surface area contributed by atoms with Crippen LogP contribution in [0, 0.1) is 6.92 Å². The Balaban J connectivity index is 1.90. The van der Waals surface area contributed by atoms with E-state index in [4.69, 9.17) is 0 Å². The van der Waals surface area contributed by atoms with Crippen LogP contribution in [0.15, 0.2) is 17.6 Å². The van der Waals surface area contributed by atoms with Gasteiger partial charge in [-0.2, -0.15) is 5.10 Å². The molecule has 0 aromatic carbocycles. The zero-order valence-corrected chi connectivity index (χ0v) is 9.64. The lowest BCUT2D eigenvalue weighted by atomic mass is 10.2. The standard InChI is InChI=1S/C10H14N4S/c1-7(10-6-15-8(2)13-10)11-5-9-3-4-12-14-9/h3-4,6-7,11H,5H2,1-2H3,(H,12,14). The Hall–Kier alpha value is -1.20. The first-order valence-electron chi connectivity index (χ1n) is 4.89. The fraction of sp³-hybridized carbons (Fsp3) is 0.400. The van der Waals surface area contributed by atoms with Crippen LogP contribution >= 0.6 is 11.3 Å². The zero-order chi connectivity index (χ0) is 10.7. The minimum absolute atomic E-state index is 0.276. The van der Waals surface area contributed by atoms with E-state index in [9.17, 15) is 0 Å². The average Bonchev–Trinajstić information content (AvgIpc) is 2.84. The van der Waals surface area contributed by atoms with Gasteiger partial charge in [-0.25, -0.2) is 4.98 Å². The van der Waals surface area contributed by atoms with Crippen molar-refractivity contribution in [3.63, 3.8) is 0 Å². The van der Waals surface area contributed by atoms with E-state index in [2.05, 4.69) is 32.8 Å². The Bertz CT molecular complexity index is 407. The number of H-pyrrole nitrogens is 1. The number of aromatic nitrogens is 3. The Morgan fingerprint density at radius 1 is 1.60 bits per heavy atom. The van der Waals surface area contributed by atoms with Crippen molar-refractivity contribution >= 4 is 11.3 Å². The SMILES string of the molecule is Cc1nc(C(C)NCc2ccn[nH]2)cs1. The Kier molecular flexibility index (Phi) is 3.13. The highest BCUT2D eigenvalue weighted by atomic mass is 32.1. The third kappa shape index (κ3) is 2.64. The summed E-state index contributed by atoms with van der Waals surface area (Å²) in [5.41, 5.74) is 2.20. The van der Waals surface area contributed by atoms with Crippen LogP contribution in [-0.2, 0) is 6.54 Å². The maximum Gasteiger partial charge on any atom is 0.0898 e. The first-order valence-corrected chi connectivity index (χ1v) is 5.77. The molecule has 2 aromatic rings. The molecule has 0 aliphatic rings. The van der Waals surface area contributed by atoms with Gasteiger partial charge >= 0.3 is 0 Å². The highest BCUT2D eigenvalue weighted by Gasteiger charge is 2.08. The van der Waals surface area contributed by atoms with Crippen molar-refractivity contribution in [2.24, 2.45) is 0 Å². The van der Waals surface area contributed by atoms with Crippen molar-refractivity contribution in [3.05, 3.63) is 34.0 Å². The molecule has 0 spiro atoms. The molecule has 80 valence electrons. The number of aryl methyl sites for hydroxylation is 1. The lowest BCUT2D eigenvalue weighted by Gasteiger charge is -2.09. The van der Waals surface area contributed by atoms with Crippen molar-refractivity contribution in [3.8, 4) is 0 Å². The second kappa shape index (κ2) is 4.55. The summed E-state index contributed by atoms with van der Waals surface area (Å²) in [6.45, 7) is 4.93. The van der Waals surface area contributed by atoms with Gasteiger partial charge in [0, 0.05) is 29.9 Å². The van der Waals surface area contributed by atoms with E-state index in [1.165, 1.54) is 0 Å². The number of rotatable bonds is 4. The topological polar surface area (TPSA) is 53.6 Å². The van der Waals surface area contributed by atoms with Gasteiger partial charge < -0.3 is 5.32 Å². The molecule has 1 unspecified atom stereocenters. The van der Waals surface area contributed by atoms with Crippen LogP contribution in [0.2, 0.25) is 0 Å². The number of aromatic amines is 1. The summed E-state index contributed by atoms with van der Waals surface area (Å²) in [6.07, 6.45) is 1.76. The van der Waals surface area contributed by atoms with E-state index in [1.807, 2.05) is 13.0 Å². The average molecular weight is 222 g/mol. The molecule has 1 atom stereocenters. The van der Waals surface area contributed by atoms with Crippen molar-refractivity contribution in [2.45, 2.75) is 26.4 Å².